The minimum absolute atomic E-state index is 0.0813. The smallest absolute Gasteiger partial charge is 0.264 e. The fourth-order valence-electron chi connectivity index (χ4n) is 3.15. The van der Waals surface area contributed by atoms with E-state index in [0.717, 1.165) is 16.9 Å². The number of hydrogen-bond acceptors (Lipinski definition) is 4. The fraction of sp³-hybridized carbons (Fsp3) is 0.611. The molecule has 0 unspecified atom stereocenters. The molecule has 25 heavy (non-hydrogen) atoms. The molecular formula is C18H29N3O3S. The molecule has 1 aromatic carbocycles. The SMILES string of the molecule is Cc1c(C)c(S(=O)(=O)N/C(N)=N\CC(C)C)c(C)c2c1OC(C)(C)C2. The van der Waals surface area contributed by atoms with Gasteiger partial charge < -0.3 is 10.5 Å². The lowest BCUT2D eigenvalue weighted by Gasteiger charge is -2.19. The molecule has 0 amide bonds. The molecule has 0 aromatic heterocycles. The third kappa shape index (κ3) is 3.92. The maximum Gasteiger partial charge on any atom is 0.264 e. The molecule has 0 radical (unpaired) electrons. The number of aliphatic imine (C=N–C) groups is 1. The van der Waals surface area contributed by atoms with Crippen LogP contribution in [0.25, 0.3) is 0 Å². The number of fused-ring (bicyclic) bond motifs is 1. The first-order valence-electron chi connectivity index (χ1n) is 8.50. The van der Waals surface area contributed by atoms with Gasteiger partial charge in [-0.05, 0) is 57.2 Å². The van der Waals surface area contributed by atoms with Gasteiger partial charge in [0.15, 0.2) is 0 Å². The van der Waals surface area contributed by atoms with Crippen LogP contribution in [-0.4, -0.2) is 26.5 Å². The van der Waals surface area contributed by atoms with Crippen molar-refractivity contribution in [3.63, 3.8) is 0 Å². The largest absolute Gasteiger partial charge is 0.487 e. The van der Waals surface area contributed by atoms with Gasteiger partial charge in [-0.15, -0.1) is 0 Å². The molecule has 140 valence electrons. The second-order valence-corrected chi connectivity index (χ2v) is 9.39. The highest BCUT2D eigenvalue weighted by atomic mass is 32.2. The van der Waals surface area contributed by atoms with Gasteiger partial charge in [0.05, 0.1) is 4.90 Å². The summed E-state index contributed by atoms with van der Waals surface area (Å²) in [6.45, 7) is 14.0. The van der Waals surface area contributed by atoms with Crippen LogP contribution in [0.1, 0.15) is 49.9 Å². The molecule has 0 aliphatic carbocycles. The summed E-state index contributed by atoms with van der Waals surface area (Å²) in [6.07, 6.45) is 0.675. The number of ether oxygens (including phenoxy) is 1. The molecule has 0 saturated heterocycles. The van der Waals surface area contributed by atoms with Gasteiger partial charge in [-0.2, -0.15) is 0 Å². The number of rotatable bonds is 4. The summed E-state index contributed by atoms with van der Waals surface area (Å²) >= 11 is 0. The minimum Gasteiger partial charge on any atom is -0.487 e. The number of sulfonamides is 1. The molecule has 0 bridgehead atoms. The molecule has 1 heterocycles. The maximum atomic E-state index is 12.9. The molecule has 3 N–H and O–H groups in total. The van der Waals surface area contributed by atoms with Crippen LogP contribution in [-0.2, 0) is 16.4 Å². The Morgan fingerprint density at radius 3 is 2.40 bits per heavy atom. The Labute approximate surface area is 150 Å². The molecule has 0 atom stereocenters. The summed E-state index contributed by atoms with van der Waals surface area (Å²) in [6, 6.07) is 0. The Kier molecular flexibility index (Phi) is 5.10. The monoisotopic (exact) mass is 367 g/mol. The van der Waals surface area contributed by atoms with Crippen molar-refractivity contribution in [2.45, 2.75) is 65.4 Å². The number of nitrogens with one attached hydrogen (secondary N) is 1. The summed E-state index contributed by atoms with van der Waals surface area (Å²) in [7, 11) is -3.81. The van der Waals surface area contributed by atoms with E-state index in [-0.39, 0.29) is 16.5 Å². The summed E-state index contributed by atoms with van der Waals surface area (Å²) in [5, 5.41) is 0. The molecule has 1 aliphatic heterocycles. The van der Waals surface area contributed by atoms with Gasteiger partial charge in [0.25, 0.3) is 10.0 Å². The molecular weight excluding hydrogens is 338 g/mol. The first-order valence-corrected chi connectivity index (χ1v) is 9.98. The molecule has 6 nitrogen and oxygen atoms in total. The van der Waals surface area contributed by atoms with Crippen molar-refractivity contribution < 1.29 is 13.2 Å². The highest BCUT2D eigenvalue weighted by Gasteiger charge is 2.36. The van der Waals surface area contributed by atoms with Crippen molar-refractivity contribution in [2.75, 3.05) is 6.54 Å². The van der Waals surface area contributed by atoms with E-state index in [4.69, 9.17) is 10.5 Å². The number of hydrogen-bond donors (Lipinski definition) is 2. The molecule has 0 fully saturated rings. The Balaban J connectivity index is 2.50. The Morgan fingerprint density at radius 1 is 1.24 bits per heavy atom. The summed E-state index contributed by atoms with van der Waals surface area (Å²) in [5.41, 5.74) is 8.63. The van der Waals surface area contributed by atoms with Crippen LogP contribution in [0.4, 0.5) is 0 Å². The van der Waals surface area contributed by atoms with Gasteiger partial charge in [0, 0.05) is 18.5 Å². The van der Waals surface area contributed by atoms with Crippen LogP contribution in [0.3, 0.4) is 0 Å². The van der Waals surface area contributed by atoms with E-state index >= 15 is 0 Å². The van der Waals surface area contributed by atoms with E-state index in [2.05, 4.69) is 9.71 Å². The topological polar surface area (TPSA) is 93.8 Å². The van der Waals surface area contributed by atoms with E-state index in [9.17, 15) is 8.42 Å². The number of benzene rings is 1. The van der Waals surface area contributed by atoms with E-state index in [1.807, 2.05) is 41.5 Å². The first-order chi connectivity index (χ1) is 11.4. The lowest BCUT2D eigenvalue weighted by Crippen LogP contribution is -2.38. The van der Waals surface area contributed by atoms with E-state index in [1.165, 1.54) is 0 Å². The van der Waals surface area contributed by atoms with Gasteiger partial charge in [0.1, 0.15) is 11.4 Å². The second-order valence-electron chi connectivity index (χ2n) is 7.78. The summed E-state index contributed by atoms with van der Waals surface area (Å²) in [5.74, 6) is 1.02. The van der Waals surface area contributed by atoms with Gasteiger partial charge in [-0.25, -0.2) is 13.1 Å². The molecule has 1 aromatic rings. The predicted molar refractivity (Wildman–Crippen MR) is 101 cm³/mol. The summed E-state index contributed by atoms with van der Waals surface area (Å²) in [4.78, 5) is 4.36. The third-order valence-corrected chi connectivity index (χ3v) is 6.05. The van der Waals surface area contributed by atoms with Crippen molar-refractivity contribution >= 4 is 16.0 Å². The Morgan fingerprint density at radius 2 is 1.84 bits per heavy atom. The van der Waals surface area contributed by atoms with E-state index in [1.54, 1.807) is 6.92 Å². The highest BCUT2D eigenvalue weighted by Crippen LogP contribution is 2.43. The van der Waals surface area contributed by atoms with Crippen molar-refractivity contribution in [1.29, 1.82) is 0 Å². The zero-order chi connectivity index (χ0) is 19.2. The Hall–Kier alpha value is -1.76. The summed E-state index contributed by atoms with van der Waals surface area (Å²) < 4.78 is 34.3. The average Bonchev–Trinajstić information content (AvgIpc) is 2.78. The number of nitrogens with two attached hydrogens (primary N) is 1. The van der Waals surface area contributed by atoms with Crippen LogP contribution in [0.15, 0.2) is 9.89 Å². The second kappa shape index (κ2) is 6.52. The lowest BCUT2D eigenvalue weighted by molar-refractivity contribution is 0.137. The van der Waals surface area contributed by atoms with E-state index < -0.39 is 10.0 Å². The van der Waals surface area contributed by atoms with Crippen molar-refractivity contribution in [1.82, 2.24) is 4.72 Å². The minimum atomic E-state index is -3.81. The molecule has 0 spiro atoms. The van der Waals surface area contributed by atoms with Gasteiger partial charge in [-0.1, -0.05) is 13.8 Å². The van der Waals surface area contributed by atoms with Crippen LogP contribution >= 0.6 is 0 Å². The number of nitrogens with zero attached hydrogens (tertiary/aromatic N) is 1. The first kappa shape index (κ1) is 19.6. The van der Waals surface area contributed by atoms with Crippen LogP contribution in [0, 0.1) is 26.7 Å². The fourth-order valence-corrected chi connectivity index (χ4v) is 4.67. The number of guanidine groups is 1. The van der Waals surface area contributed by atoms with Crippen molar-refractivity contribution in [3.05, 3.63) is 22.3 Å². The van der Waals surface area contributed by atoms with Gasteiger partial charge in [-0.3, -0.25) is 4.99 Å². The van der Waals surface area contributed by atoms with Crippen molar-refractivity contribution in [3.8, 4) is 5.75 Å². The lowest BCUT2D eigenvalue weighted by atomic mass is 9.94. The zero-order valence-electron chi connectivity index (χ0n) is 16.1. The molecule has 1 aliphatic rings. The average molecular weight is 368 g/mol. The predicted octanol–water partition coefficient (Wildman–Crippen LogP) is 2.57. The van der Waals surface area contributed by atoms with Gasteiger partial charge in [0.2, 0.25) is 5.96 Å². The van der Waals surface area contributed by atoms with Crippen molar-refractivity contribution in [2.24, 2.45) is 16.6 Å². The molecule has 0 saturated carbocycles. The third-order valence-electron chi connectivity index (χ3n) is 4.43. The molecule has 7 heteroatoms. The quantitative estimate of drug-likeness (QED) is 0.632. The maximum absolute atomic E-state index is 12.9. The highest BCUT2D eigenvalue weighted by molar-refractivity contribution is 7.90. The van der Waals surface area contributed by atoms with E-state index in [0.29, 0.717) is 30.0 Å². The standard InChI is InChI=1S/C18H29N3O3S/c1-10(2)9-20-17(19)21-25(22,23)16-12(4)11(3)15-14(13(16)5)8-18(6,7)24-15/h10H,8-9H2,1-7H3,(H3,19,20,21). The Bertz CT molecular complexity index is 825. The zero-order valence-corrected chi connectivity index (χ0v) is 17.0. The normalized spacial score (nSPS) is 16.7. The molecule has 2 rings (SSSR count). The van der Waals surface area contributed by atoms with Crippen LogP contribution < -0.4 is 15.2 Å². The van der Waals surface area contributed by atoms with Gasteiger partial charge >= 0.3 is 0 Å². The van der Waals surface area contributed by atoms with Crippen LogP contribution in [0.2, 0.25) is 0 Å². The van der Waals surface area contributed by atoms with Crippen LogP contribution in [0.5, 0.6) is 5.75 Å².